The molecule has 0 aromatic rings. The average Bonchev–Trinajstić information content (AvgIpc) is 2.73. The Balaban J connectivity index is 2.02. The van der Waals surface area contributed by atoms with E-state index in [1.54, 1.807) is 0 Å². The van der Waals surface area contributed by atoms with E-state index in [9.17, 15) is 20.4 Å². The van der Waals surface area contributed by atoms with Crippen molar-refractivity contribution in [1.82, 2.24) is 0 Å². The first kappa shape index (κ1) is 13.6. The molecule has 0 aliphatic heterocycles. The molecule has 0 aromatic carbocycles. The van der Waals surface area contributed by atoms with Gasteiger partial charge in [0, 0.05) is 6.61 Å². The van der Waals surface area contributed by atoms with Gasteiger partial charge in [0.05, 0.1) is 18.8 Å². The van der Waals surface area contributed by atoms with E-state index in [2.05, 4.69) is 13.8 Å². The molecule has 0 saturated heterocycles. The molecule has 3 aliphatic rings. The Morgan fingerprint density at radius 3 is 2.32 bits per heavy atom. The third kappa shape index (κ3) is 1.60. The molecular weight excluding hydrogens is 244 g/mol. The smallest absolute Gasteiger partial charge is 0.0807 e. The standard InChI is InChI=1S/C15H24O4/c1-14(7-17)3-8-10(4-14)15(2)5-11(18)12(15)9(6-16)13(8)19/h8,10-11,13,16-19H,3-7H2,1-2H3/t8-,10+,11+,13+,14+,15-/m1/s1. The average molecular weight is 268 g/mol. The third-order valence-corrected chi connectivity index (χ3v) is 6.00. The van der Waals surface area contributed by atoms with Crippen molar-refractivity contribution >= 4 is 0 Å². The number of hydrogen-bond acceptors (Lipinski definition) is 4. The van der Waals surface area contributed by atoms with E-state index < -0.39 is 12.2 Å². The molecule has 6 atom stereocenters. The quantitative estimate of drug-likeness (QED) is 0.548. The van der Waals surface area contributed by atoms with Gasteiger partial charge in [-0.15, -0.1) is 0 Å². The lowest BCUT2D eigenvalue weighted by atomic mass is 9.49. The maximum atomic E-state index is 10.5. The lowest BCUT2D eigenvalue weighted by Crippen LogP contribution is -2.55. The molecule has 0 unspecified atom stereocenters. The van der Waals surface area contributed by atoms with Gasteiger partial charge < -0.3 is 20.4 Å². The zero-order valence-electron chi connectivity index (χ0n) is 11.6. The molecule has 3 rings (SSSR count). The minimum Gasteiger partial charge on any atom is -0.396 e. The van der Waals surface area contributed by atoms with Crippen molar-refractivity contribution in [2.75, 3.05) is 13.2 Å². The molecule has 0 radical (unpaired) electrons. The number of aliphatic hydroxyl groups is 4. The van der Waals surface area contributed by atoms with Crippen LogP contribution >= 0.6 is 0 Å². The fourth-order valence-electron chi connectivity index (χ4n) is 5.03. The first-order valence-corrected chi connectivity index (χ1v) is 7.17. The maximum absolute atomic E-state index is 10.5. The topological polar surface area (TPSA) is 80.9 Å². The lowest BCUT2D eigenvalue weighted by Gasteiger charge is -2.57. The number of fused-ring (bicyclic) bond motifs is 3. The molecule has 4 heteroatoms. The Morgan fingerprint density at radius 2 is 1.79 bits per heavy atom. The molecule has 0 aromatic heterocycles. The van der Waals surface area contributed by atoms with Crippen LogP contribution < -0.4 is 0 Å². The Bertz CT molecular complexity index is 432. The van der Waals surface area contributed by atoms with Gasteiger partial charge in [0.15, 0.2) is 0 Å². The first-order chi connectivity index (χ1) is 8.86. The van der Waals surface area contributed by atoms with Gasteiger partial charge in [-0.1, -0.05) is 13.8 Å². The van der Waals surface area contributed by atoms with E-state index in [1.807, 2.05) is 0 Å². The minimum atomic E-state index is -0.665. The van der Waals surface area contributed by atoms with Gasteiger partial charge in [-0.05, 0) is 53.1 Å². The summed E-state index contributed by atoms with van der Waals surface area (Å²) in [5.41, 5.74) is 1.25. The van der Waals surface area contributed by atoms with Crippen LogP contribution in [-0.4, -0.2) is 45.8 Å². The molecule has 19 heavy (non-hydrogen) atoms. The van der Waals surface area contributed by atoms with E-state index in [-0.39, 0.29) is 30.0 Å². The normalized spacial score (nSPS) is 52.7. The predicted molar refractivity (Wildman–Crippen MR) is 70.3 cm³/mol. The zero-order chi connectivity index (χ0) is 14.0. The maximum Gasteiger partial charge on any atom is 0.0807 e. The Kier molecular flexibility index (Phi) is 2.88. The Labute approximate surface area is 113 Å². The summed E-state index contributed by atoms with van der Waals surface area (Å²) in [7, 11) is 0. The fraction of sp³-hybridized carbons (Fsp3) is 0.867. The summed E-state index contributed by atoms with van der Waals surface area (Å²) < 4.78 is 0. The largest absolute Gasteiger partial charge is 0.396 e. The van der Waals surface area contributed by atoms with E-state index in [4.69, 9.17) is 0 Å². The summed E-state index contributed by atoms with van der Waals surface area (Å²) in [4.78, 5) is 0. The summed E-state index contributed by atoms with van der Waals surface area (Å²) in [5.74, 6) is 0.397. The first-order valence-electron chi connectivity index (χ1n) is 7.17. The highest BCUT2D eigenvalue weighted by atomic mass is 16.3. The van der Waals surface area contributed by atoms with Crippen molar-refractivity contribution in [3.63, 3.8) is 0 Å². The van der Waals surface area contributed by atoms with Gasteiger partial charge in [0.25, 0.3) is 0 Å². The van der Waals surface area contributed by atoms with E-state index in [0.717, 1.165) is 18.4 Å². The van der Waals surface area contributed by atoms with E-state index in [1.165, 1.54) is 0 Å². The molecule has 3 aliphatic carbocycles. The zero-order valence-corrected chi connectivity index (χ0v) is 11.6. The van der Waals surface area contributed by atoms with Crippen LogP contribution in [0.25, 0.3) is 0 Å². The second kappa shape index (κ2) is 4.04. The molecule has 4 N–H and O–H groups in total. The van der Waals surface area contributed by atoms with Crippen molar-refractivity contribution in [2.45, 2.75) is 45.3 Å². The molecule has 2 saturated carbocycles. The molecule has 0 amide bonds. The Hall–Kier alpha value is -0.420. The number of aliphatic hydroxyl groups excluding tert-OH is 4. The van der Waals surface area contributed by atoms with Crippen LogP contribution in [0.3, 0.4) is 0 Å². The second-order valence-corrected chi connectivity index (χ2v) is 7.33. The third-order valence-electron chi connectivity index (χ3n) is 6.00. The molecule has 4 nitrogen and oxygen atoms in total. The summed E-state index contributed by atoms with van der Waals surface area (Å²) in [6, 6.07) is 0. The van der Waals surface area contributed by atoms with Gasteiger partial charge in [0.2, 0.25) is 0 Å². The van der Waals surface area contributed by atoms with Crippen LogP contribution in [0.15, 0.2) is 11.1 Å². The molecular formula is C15H24O4. The minimum absolute atomic E-state index is 0.0977. The summed E-state index contributed by atoms with van der Waals surface area (Å²) >= 11 is 0. The highest BCUT2D eigenvalue weighted by Gasteiger charge is 2.62. The second-order valence-electron chi connectivity index (χ2n) is 7.33. The number of rotatable bonds is 2. The summed E-state index contributed by atoms with van der Waals surface area (Å²) in [5, 5.41) is 39.7. The van der Waals surface area contributed by atoms with Crippen LogP contribution in [0.4, 0.5) is 0 Å². The Morgan fingerprint density at radius 1 is 1.11 bits per heavy atom. The van der Waals surface area contributed by atoms with Crippen LogP contribution in [0.5, 0.6) is 0 Å². The highest BCUT2D eigenvalue weighted by molar-refractivity contribution is 5.41. The lowest BCUT2D eigenvalue weighted by molar-refractivity contribution is -0.0452. The van der Waals surface area contributed by atoms with Crippen molar-refractivity contribution in [3.8, 4) is 0 Å². The monoisotopic (exact) mass is 268 g/mol. The van der Waals surface area contributed by atoms with Crippen LogP contribution in [0, 0.1) is 22.7 Å². The van der Waals surface area contributed by atoms with Crippen molar-refractivity contribution in [3.05, 3.63) is 11.1 Å². The van der Waals surface area contributed by atoms with Crippen LogP contribution in [0.1, 0.15) is 33.1 Å². The molecule has 2 fully saturated rings. The molecule has 0 bridgehead atoms. The molecule has 108 valence electrons. The SMILES string of the molecule is C[C@]1(CO)C[C@H]2[C@H](O)C(CO)=C3[C@@H](O)C[C@]3(C)[C@H]2C1. The van der Waals surface area contributed by atoms with Gasteiger partial charge in [-0.25, -0.2) is 0 Å². The molecule has 0 heterocycles. The van der Waals surface area contributed by atoms with Crippen molar-refractivity contribution < 1.29 is 20.4 Å². The van der Waals surface area contributed by atoms with Gasteiger partial charge in [-0.3, -0.25) is 0 Å². The predicted octanol–water partition coefficient (Wildman–Crippen LogP) is 0.445. The van der Waals surface area contributed by atoms with Gasteiger partial charge in [0.1, 0.15) is 0 Å². The van der Waals surface area contributed by atoms with Crippen molar-refractivity contribution in [1.29, 1.82) is 0 Å². The summed E-state index contributed by atoms with van der Waals surface area (Å²) in [6.07, 6.45) is 1.21. The van der Waals surface area contributed by atoms with Gasteiger partial charge in [-0.2, -0.15) is 0 Å². The van der Waals surface area contributed by atoms with Crippen LogP contribution in [0.2, 0.25) is 0 Å². The van der Waals surface area contributed by atoms with Gasteiger partial charge >= 0.3 is 0 Å². The van der Waals surface area contributed by atoms with E-state index in [0.29, 0.717) is 17.9 Å². The number of hydrogen-bond donors (Lipinski definition) is 4. The molecule has 0 spiro atoms. The van der Waals surface area contributed by atoms with Crippen LogP contribution in [-0.2, 0) is 0 Å². The summed E-state index contributed by atoms with van der Waals surface area (Å²) in [6.45, 7) is 4.16. The highest BCUT2D eigenvalue weighted by Crippen LogP contribution is 2.66. The fourth-order valence-corrected chi connectivity index (χ4v) is 5.03. The van der Waals surface area contributed by atoms with E-state index >= 15 is 0 Å². The van der Waals surface area contributed by atoms with Crippen molar-refractivity contribution in [2.24, 2.45) is 22.7 Å².